The van der Waals surface area contributed by atoms with Crippen LogP contribution in [0.15, 0.2) is 29.3 Å². The molecule has 0 spiro atoms. The maximum Gasteiger partial charge on any atom is 0.410 e. The van der Waals surface area contributed by atoms with Crippen LogP contribution in [0.25, 0.3) is 0 Å². The monoisotopic (exact) mass is 546 g/mol. The molecule has 1 fully saturated rings. The number of nitrogens with one attached hydrogen (secondary N) is 2. The third kappa shape index (κ3) is 11.0. The second-order valence-electron chi connectivity index (χ2n) is 8.70. The second kappa shape index (κ2) is 13.8. The summed E-state index contributed by atoms with van der Waals surface area (Å²) in [6, 6.07) is 8.17. The third-order valence-electron chi connectivity index (χ3n) is 4.69. The highest BCUT2D eigenvalue weighted by atomic mass is 127. The van der Waals surface area contributed by atoms with Crippen molar-refractivity contribution in [2.75, 3.05) is 26.7 Å². The SMILES string of the molecule is CCNC(=NCc1ccc(CN(C)C(=O)OC(C)(C)C)cc1)NCCC1CCCO1.I. The van der Waals surface area contributed by atoms with Crippen molar-refractivity contribution in [2.45, 2.75) is 71.8 Å². The minimum Gasteiger partial charge on any atom is -0.444 e. The van der Waals surface area contributed by atoms with Crippen LogP contribution in [0.1, 0.15) is 58.1 Å². The number of ether oxygens (including phenoxy) is 2. The van der Waals surface area contributed by atoms with Gasteiger partial charge < -0.3 is 25.0 Å². The van der Waals surface area contributed by atoms with E-state index < -0.39 is 5.60 Å². The first-order chi connectivity index (χ1) is 14.3. The number of amides is 1. The molecule has 31 heavy (non-hydrogen) atoms. The molecule has 2 N–H and O–H groups in total. The molecule has 0 radical (unpaired) electrons. The normalized spacial score (nSPS) is 16.4. The van der Waals surface area contributed by atoms with Crippen LogP contribution in [0.3, 0.4) is 0 Å². The predicted octanol–water partition coefficient (Wildman–Crippen LogP) is 4.30. The first kappa shape index (κ1) is 27.5. The van der Waals surface area contributed by atoms with Crippen LogP contribution < -0.4 is 10.6 Å². The van der Waals surface area contributed by atoms with Crippen molar-refractivity contribution in [3.8, 4) is 0 Å². The molecule has 7 nitrogen and oxygen atoms in total. The van der Waals surface area contributed by atoms with Crippen molar-refractivity contribution in [3.05, 3.63) is 35.4 Å². The van der Waals surface area contributed by atoms with E-state index in [2.05, 4.69) is 34.7 Å². The molecule has 0 bridgehead atoms. The number of guanidine groups is 1. The van der Waals surface area contributed by atoms with E-state index in [1.165, 1.54) is 6.42 Å². The Morgan fingerprint density at radius 1 is 1.23 bits per heavy atom. The average Bonchev–Trinajstić information content (AvgIpc) is 3.19. The minimum atomic E-state index is -0.490. The van der Waals surface area contributed by atoms with Gasteiger partial charge in [0.1, 0.15) is 5.60 Å². The van der Waals surface area contributed by atoms with Gasteiger partial charge in [-0.1, -0.05) is 24.3 Å². The smallest absolute Gasteiger partial charge is 0.410 e. The molecule has 1 unspecified atom stereocenters. The van der Waals surface area contributed by atoms with Gasteiger partial charge in [0, 0.05) is 33.3 Å². The summed E-state index contributed by atoms with van der Waals surface area (Å²) in [5.74, 6) is 0.823. The zero-order chi connectivity index (χ0) is 22.0. The third-order valence-corrected chi connectivity index (χ3v) is 4.69. The molecular weight excluding hydrogens is 507 g/mol. The molecule has 1 aliphatic rings. The Kier molecular flexibility index (Phi) is 12.2. The quantitative estimate of drug-likeness (QED) is 0.289. The molecule has 0 aromatic heterocycles. The highest BCUT2D eigenvalue weighted by Crippen LogP contribution is 2.14. The van der Waals surface area contributed by atoms with E-state index >= 15 is 0 Å². The molecule has 1 aromatic rings. The molecule has 2 rings (SSSR count). The standard InChI is InChI=1S/C23H38N4O3.HI/c1-6-24-21(25-14-13-20-8-7-15-29-20)26-16-18-9-11-19(12-10-18)17-27(5)22(28)30-23(2,3)4;/h9-12,20H,6-8,13-17H2,1-5H3,(H2,24,25,26);1H. The van der Waals surface area contributed by atoms with Crippen molar-refractivity contribution in [3.63, 3.8) is 0 Å². The van der Waals surface area contributed by atoms with E-state index in [0.717, 1.165) is 49.6 Å². The van der Waals surface area contributed by atoms with Gasteiger partial charge in [-0.15, -0.1) is 24.0 Å². The molecule has 0 saturated carbocycles. The Bertz CT molecular complexity index is 683. The van der Waals surface area contributed by atoms with Crippen molar-refractivity contribution in [1.82, 2.24) is 15.5 Å². The van der Waals surface area contributed by atoms with E-state index in [0.29, 0.717) is 19.2 Å². The van der Waals surface area contributed by atoms with Gasteiger partial charge in [0.15, 0.2) is 5.96 Å². The number of nitrogens with zero attached hydrogens (tertiary/aromatic N) is 2. The largest absolute Gasteiger partial charge is 0.444 e. The Morgan fingerprint density at radius 3 is 2.48 bits per heavy atom. The van der Waals surface area contributed by atoms with Gasteiger partial charge in [-0.25, -0.2) is 9.79 Å². The van der Waals surface area contributed by atoms with E-state index in [-0.39, 0.29) is 30.1 Å². The maximum absolute atomic E-state index is 12.1. The summed E-state index contributed by atoms with van der Waals surface area (Å²) >= 11 is 0. The van der Waals surface area contributed by atoms with Crippen LogP contribution in [0, 0.1) is 0 Å². The van der Waals surface area contributed by atoms with Gasteiger partial charge in [0.25, 0.3) is 0 Å². The van der Waals surface area contributed by atoms with Crippen molar-refractivity contribution in [1.29, 1.82) is 0 Å². The lowest BCUT2D eigenvalue weighted by atomic mass is 10.1. The number of carbonyl (C=O) groups is 1. The number of carbonyl (C=O) groups excluding carboxylic acids is 1. The molecular formula is C23H39IN4O3. The lowest BCUT2D eigenvalue weighted by Crippen LogP contribution is -2.38. The Balaban J connectivity index is 0.00000480. The minimum absolute atomic E-state index is 0. The van der Waals surface area contributed by atoms with Crippen molar-refractivity contribution < 1.29 is 14.3 Å². The van der Waals surface area contributed by atoms with Gasteiger partial charge in [-0.2, -0.15) is 0 Å². The van der Waals surface area contributed by atoms with Crippen LogP contribution in [-0.4, -0.2) is 55.4 Å². The summed E-state index contributed by atoms with van der Waals surface area (Å²) in [7, 11) is 1.75. The maximum atomic E-state index is 12.1. The molecule has 1 atom stereocenters. The Labute approximate surface area is 204 Å². The topological polar surface area (TPSA) is 75.2 Å². The number of aliphatic imine (C=N–C) groups is 1. The van der Waals surface area contributed by atoms with Gasteiger partial charge in [-0.05, 0) is 58.1 Å². The number of halogens is 1. The molecule has 1 aromatic carbocycles. The molecule has 8 heteroatoms. The average molecular weight is 546 g/mol. The van der Waals surface area contributed by atoms with E-state index in [9.17, 15) is 4.79 Å². The Morgan fingerprint density at radius 2 is 1.90 bits per heavy atom. The van der Waals surface area contributed by atoms with Crippen LogP contribution in [-0.2, 0) is 22.6 Å². The highest BCUT2D eigenvalue weighted by molar-refractivity contribution is 14.0. The van der Waals surface area contributed by atoms with E-state index in [1.807, 2.05) is 32.9 Å². The lowest BCUT2D eigenvalue weighted by Gasteiger charge is -2.24. The fourth-order valence-corrected chi connectivity index (χ4v) is 3.16. The zero-order valence-corrected chi connectivity index (χ0v) is 21.9. The van der Waals surface area contributed by atoms with E-state index in [4.69, 9.17) is 9.47 Å². The molecule has 1 amide bonds. The van der Waals surface area contributed by atoms with Gasteiger partial charge >= 0.3 is 6.09 Å². The zero-order valence-electron chi connectivity index (χ0n) is 19.6. The predicted molar refractivity (Wildman–Crippen MR) is 136 cm³/mol. The van der Waals surface area contributed by atoms with Crippen molar-refractivity contribution >= 4 is 36.0 Å². The molecule has 1 aliphatic heterocycles. The first-order valence-electron chi connectivity index (χ1n) is 10.9. The molecule has 1 saturated heterocycles. The number of benzene rings is 1. The molecule has 1 heterocycles. The summed E-state index contributed by atoms with van der Waals surface area (Å²) in [5, 5.41) is 6.67. The highest BCUT2D eigenvalue weighted by Gasteiger charge is 2.19. The van der Waals surface area contributed by atoms with Crippen LogP contribution >= 0.6 is 24.0 Å². The summed E-state index contributed by atoms with van der Waals surface area (Å²) < 4.78 is 11.1. The van der Waals surface area contributed by atoms with Gasteiger partial charge in [0.2, 0.25) is 0 Å². The van der Waals surface area contributed by atoms with Crippen molar-refractivity contribution in [2.24, 2.45) is 4.99 Å². The lowest BCUT2D eigenvalue weighted by molar-refractivity contribution is 0.0285. The second-order valence-corrected chi connectivity index (χ2v) is 8.70. The molecule has 0 aliphatic carbocycles. The molecule has 176 valence electrons. The van der Waals surface area contributed by atoms with Crippen LogP contribution in [0.2, 0.25) is 0 Å². The summed E-state index contributed by atoms with van der Waals surface area (Å²) in [6.07, 6.45) is 3.39. The summed E-state index contributed by atoms with van der Waals surface area (Å²) in [4.78, 5) is 18.4. The number of hydrogen-bond donors (Lipinski definition) is 2. The fraction of sp³-hybridized carbons (Fsp3) is 0.652. The fourth-order valence-electron chi connectivity index (χ4n) is 3.16. The van der Waals surface area contributed by atoms with Crippen LogP contribution in [0.4, 0.5) is 4.79 Å². The van der Waals surface area contributed by atoms with Gasteiger partial charge in [0.05, 0.1) is 12.6 Å². The van der Waals surface area contributed by atoms with Crippen LogP contribution in [0.5, 0.6) is 0 Å². The Hall–Kier alpha value is -1.55. The number of rotatable bonds is 8. The summed E-state index contributed by atoms with van der Waals surface area (Å²) in [5.41, 5.74) is 1.68. The van der Waals surface area contributed by atoms with E-state index in [1.54, 1.807) is 11.9 Å². The van der Waals surface area contributed by atoms with Gasteiger partial charge in [-0.3, -0.25) is 0 Å². The first-order valence-corrected chi connectivity index (χ1v) is 10.9. The summed E-state index contributed by atoms with van der Waals surface area (Å²) in [6.45, 7) is 11.3. The number of hydrogen-bond acceptors (Lipinski definition) is 4.